The van der Waals surface area contributed by atoms with Crippen molar-refractivity contribution in [3.63, 3.8) is 0 Å². The van der Waals surface area contributed by atoms with Crippen molar-refractivity contribution in [2.75, 3.05) is 20.3 Å². The Morgan fingerprint density at radius 2 is 2.19 bits per heavy atom. The Kier molecular flexibility index (Phi) is 5.16. The van der Waals surface area contributed by atoms with Gasteiger partial charge >= 0.3 is 0 Å². The number of nitrogens with one attached hydrogen (secondary N) is 1. The first-order valence-electron chi connectivity index (χ1n) is 4.36. The van der Waals surface area contributed by atoms with E-state index in [2.05, 4.69) is 0 Å². The molecule has 0 atom stereocenters. The van der Waals surface area contributed by atoms with Crippen LogP contribution in [0.15, 0.2) is 10.3 Å². The SMILES string of the molecule is COCCONS(=O)(=O)c1cc(C)c(Cl)s1. The number of hydrogen-bond acceptors (Lipinski definition) is 5. The minimum Gasteiger partial charge on any atom is -0.382 e. The second-order valence-corrected chi connectivity index (χ2v) is 6.48. The molecule has 0 aliphatic carbocycles. The van der Waals surface area contributed by atoms with Gasteiger partial charge in [0.2, 0.25) is 0 Å². The van der Waals surface area contributed by atoms with Crippen LogP contribution in [0.1, 0.15) is 5.56 Å². The van der Waals surface area contributed by atoms with Crippen LogP contribution in [-0.4, -0.2) is 28.7 Å². The van der Waals surface area contributed by atoms with Crippen LogP contribution in [0.4, 0.5) is 0 Å². The Morgan fingerprint density at radius 1 is 1.50 bits per heavy atom. The molecule has 0 aliphatic rings. The smallest absolute Gasteiger partial charge is 0.271 e. The predicted octanol–water partition coefficient (Wildman–Crippen LogP) is 1.57. The molecular formula is C8H12ClNO4S2. The molecule has 5 nitrogen and oxygen atoms in total. The third kappa shape index (κ3) is 3.69. The van der Waals surface area contributed by atoms with Crippen molar-refractivity contribution in [2.45, 2.75) is 11.1 Å². The van der Waals surface area contributed by atoms with Gasteiger partial charge in [0, 0.05) is 7.11 Å². The molecule has 0 unspecified atom stereocenters. The van der Waals surface area contributed by atoms with Crippen molar-refractivity contribution in [3.8, 4) is 0 Å². The average Bonchev–Trinajstić information content (AvgIpc) is 2.55. The number of methoxy groups -OCH3 is 1. The Balaban J connectivity index is 2.64. The van der Waals surface area contributed by atoms with Crippen LogP contribution in [0.2, 0.25) is 4.34 Å². The zero-order valence-corrected chi connectivity index (χ0v) is 11.2. The van der Waals surface area contributed by atoms with Crippen LogP contribution in [0.5, 0.6) is 0 Å². The first-order chi connectivity index (χ1) is 7.47. The van der Waals surface area contributed by atoms with Gasteiger partial charge in [-0.1, -0.05) is 16.5 Å². The number of aryl methyl sites for hydroxylation is 1. The van der Waals surface area contributed by atoms with E-state index in [0.717, 1.165) is 16.9 Å². The second-order valence-electron chi connectivity index (χ2n) is 2.95. The highest BCUT2D eigenvalue weighted by Gasteiger charge is 2.18. The lowest BCUT2D eigenvalue weighted by Crippen LogP contribution is -2.25. The summed E-state index contributed by atoms with van der Waals surface area (Å²) in [6, 6.07) is 1.50. The van der Waals surface area contributed by atoms with E-state index in [-0.39, 0.29) is 10.8 Å². The molecule has 0 amide bonds. The molecule has 1 aromatic heterocycles. The molecule has 0 spiro atoms. The Morgan fingerprint density at radius 3 is 2.69 bits per heavy atom. The normalized spacial score (nSPS) is 11.9. The van der Waals surface area contributed by atoms with Crippen LogP contribution >= 0.6 is 22.9 Å². The molecule has 1 aromatic rings. The molecule has 0 saturated heterocycles. The molecule has 0 aliphatic heterocycles. The summed E-state index contributed by atoms with van der Waals surface area (Å²) in [4.78, 5) is 6.74. The number of rotatable bonds is 6. The topological polar surface area (TPSA) is 64.6 Å². The molecule has 0 radical (unpaired) electrons. The highest BCUT2D eigenvalue weighted by Crippen LogP contribution is 2.29. The third-order valence-electron chi connectivity index (χ3n) is 1.66. The van der Waals surface area contributed by atoms with Crippen molar-refractivity contribution >= 4 is 33.0 Å². The van der Waals surface area contributed by atoms with E-state index in [4.69, 9.17) is 21.2 Å². The van der Waals surface area contributed by atoms with Crippen molar-refractivity contribution in [3.05, 3.63) is 16.0 Å². The summed E-state index contributed by atoms with van der Waals surface area (Å²) >= 11 is 6.77. The number of ether oxygens (including phenoxy) is 1. The molecule has 0 saturated carbocycles. The fraction of sp³-hybridized carbons (Fsp3) is 0.500. The van der Waals surface area contributed by atoms with Crippen LogP contribution in [-0.2, 0) is 19.6 Å². The Labute approximate surface area is 103 Å². The van der Waals surface area contributed by atoms with Gasteiger partial charge in [0.25, 0.3) is 10.0 Å². The lowest BCUT2D eigenvalue weighted by molar-refractivity contribution is 0.0439. The van der Waals surface area contributed by atoms with Gasteiger partial charge < -0.3 is 4.74 Å². The Bertz CT molecular complexity index is 423. The van der Waals surface area contributed by atoms with E-state index in [9.17, 15) is 8.42 Å². The summed E-state index contributed by atoms with van der Waals surface area (Å²) in [5.74, 6) is 0. The minimum atomic E-state index is -3.64. The number of hydrogen-bond donors (Lipinski definition) is 1. The summed E-state index contributed by atoms with van der Waals surface area (Å²) in [6.07, 6.45) is 0. The van der Waals surface area contributed by atoms with Crippen molar-refractivity contribution in [1.29, 1.82) is 0 Å². The van der Waals surface area contributed by atoms with Gasteiger partial charge in [-0.15, -0.1) is 11.3 Å². The summed E-state index contributed by atoms with van der Waals surface area (Å²) in [7, 11) is -2.14. The first-order valence-corrected chi connectivity index (χ1v) is 7.03. The molecule has 92 valence electrons. The van der Waals surface area contributed by atoms with Gasteiger partial charge in [-0.3, -0.25) is 4.84 Å². The van der Waals surface area contributed by atoms with Gasteiger partial charge in [-0.05, 0) is 18.6 Å². The number of sulfonamides is 1. The minimum absolute atomic E-state index is 0.132. The molecule has 0 aromatic carbocycles. The zero-order chi connectivity index (χ0) is 12.2. The maximum atomic E-state index is 11.6. The van der Waals surface area contributed by atoms with E-state index in [1.807, 2.05) is 4.89 Å². The second kappa shape index (κ2) is 5.95. The van der Waals surface area contributed by atoms with Gasteiger partial charge in [-0.2, -0.15) is 0 Å². The highest BCUT2D eigenvalue weighted by atomic mass is 35.5. The van der Waals surface area contributed by atoms with E-state index in [0.29, 0.717) is 10.9 Å². The number of thiophene rings is 1. The molecule has 8 heteroatoms. The van der Waals surface area contributed by atoms with E-state index < -0.39 is 10.0 Å². The van der Waals surface area contributed by atoms with E-state index >= 15 is 0 Å². The van der Waals surface area contributed by atoms with E-state index in [1.54, 1.807) is 6.92 Å². The maximum absolute atomic E-state index is 11.6. The van der Waals surface area contributed by atoms with Crippen LogP contribution in [0.3, 0.4) is 0 Å². The quantitative estimate of drug-likeness (QED) is 0.636. The summed E-state index contributed by atoms with van der Waals surface area (Å²) in [5, 5.41) is 0. The van der Waals surface area contributed by atoms with Crippen LogP contribution < -0.4 is 4.89 Å². The first kappa shape index (κ1) is 13.9. The van der Waals surface area contributed by atoms with Gasteiger partial charge in [0.1, 0.15) is 4.21 Å². The van der Waals surface area contributed by atoms with Crippen LogP contribution in [0.25, 0.3) is 0 Å². The van der Waals surface area contributed by atoms with Gasteiger partial charge in [-0.25, -0.2) is 8.42 Å². The fourth-order valence-electron chi connectivity index (χ4n) is 0.850. The largest absolute Gasteiger partial charge is 0.382 e. The van der Waals surface area contributed by atoms with Crippen LogP contribution in [0, 0.1) is 6.92 Å². The molecule has 1 N–H and O–H groups in total. The van der Waals surface area contributed by atoms with Crippen molar-refractivity contribution < 1.29 is 18.0 Å². The predicted molar refractivity (Wildman–Crippen MR) is 62.2 cm³/mol. The lowest BCUT2D eigenvalue weighted by Gasteiger charge is -2.04. The summed E-state index contributed by atoms with van der Waals surface area (Å²) in [6.45, 7) is 2.20. The van der Waals surface area contributed by atoms with Crippen molar-refractivity contribution in [1.82, 2.24) is 4.89 Å². The summed E-state index contributed by atoms with van der Waals surface area (Å²) in [5.41, 5.74) is 0.726. The Hall–Kier alpha value is -0.180. The lowest BCUT2D eigenvalue weighted by atomic mass is 10.4. The standard InChI is InChI=1S/C8H12ClNO4S2/c1-6-5-7(15-8(6)9)16(11,12)10-14-4-3-13-2/h5,10H,3-4H2,1-2H3. The molecule has 16 heavy (non-hydrogen) atoms. The number of halogens is 1. The fourth-order valence-corrected chi connectivity index (χ4v) is 3.37. The average molecular weight is 286 g/mol. The van der Waals surface area contributed by atoms with E-state index in [1.165, 1.54) is 13.2 Å². The molecule has 1 rings (SSSR count). The summed E-state index contributed by atoms with van der Waals surface area (Å²) < 4.78 is 28.6. The molecule has 0 fully saturated rings. The zero-order valence-electron chi connectivity index (χ0n) is 8.82. The molecular weight excluding hydrogens is 274 g/mol. The maximum Gasteiger partial charge on any atom is 0.271 e. The molecule has 1 heterocycles. The molecule has 0 bridgehead atoms. The van der Waals surface area contributed by atoms with Gasteiger partial charge in [0.05, 0.1) is 17.6 Å². The highest BCUT2D eigenvalue weighted by molar-refractivity contribution is 7.91. The third-order valence-corrected chi connectivity index (χ3v) is 4.90. The monoisotopic (exact) mass is 285 g/mol. The van der Waals surface area contributed by atoms with Gasteiger partial charge in [0.15, 0.2) is 0 Å². The van der Waals surface area contributed by atoms with Crippen molar-refractivity contribution in [2.24, 2.45) is 0 Å².